The van der Waals surface area contributed by atoms with Crippen LogP contribution in [0.4, 0.5) is 0 Å². The predicted molar refractivity (Wildman–Crippen MR) is 106 cm³/mol. The standard InChI is InChI=1S/C18H26N4O3S/c1-2-20-18(22-11-13-26(19,23)24)21-10-5-12-25-17-9-8-15-6-3-4-7-16(15)14-17/h3-4,6-9,14H,2,5,10-13H2,1H3,(H2,19,23,24)(H2,20,21,22). The number of sulfonamides is 1. The molecule has 0 aliphatic carbocycles. The average molecular weight is 378 g/mol. The van der Waals surface area contributed by atoms with Crippen molar-refractivity contribution in [2.45, 2.75) is 13.3 Å². The van der Waals surface area contributed by atoms with Gasteiger partial charge in [0.05, 0.1) is 12.4 Å². The number of nitrogens with zero attached hydrogens (tertiary/aromatic N) is 1. The van der Waals surface area contributed by atoms with Crippen molar-refractivity contribution < 1.29 is 13.2 Å². The maximum atomic E-state index is 10.9. The van der Waals surface area contributed by atoms with Gasteiger partial charge in [-0.2, -0.15) is 0 Å². The Hall–Kier alpha value is -2.32. The number of hydrogen-bond donors (Lipinski definition) is 3. The summed E-state index contributed by atoms with van der Waals surface area (Å²) in [5.41, 5.74) is 0. The van der Waals surface area contributed by atoms with Gasteiger partial charge in [0.2, 0.25) is 10.0 Å². The molecule has 0 fully saturated rings. The van der Waals surface area contributed by atoms with Gasteiger partial charge >= 0.3 is 0 Å². The van der Waals surface area contributed by atoms with Gasteiger partial charge in [-0.25, -0.2) is 13.6 Å². The Balaban J connectivity index is 1.76. The third kappa shape index (κ3) is 7.28. The molecule has 2 aromatic carbocycles. The molecular formula is C18H26N4O3S. The summed E-state index contributed by atoms with van der Waals surface area (Å²) in [4.78, 5) is 4.39. The average Bonchev–Trinajstić information content (AvgIpc) is 2.60. The summed E-state index contributed by atoms with van der Waals surface area (Å²) in [6.07, 6.45) is 0.749. The van der Waals surface area contributed by atoms with Crippen LogP contribution in [0.2, 0.25) is 0 Å². The predicted octanol–water partition coefficient (Wildman–Crippen LogP) is 1.45. The fraction of sp³-hybridized carbons (Fsp3) is 0.389. The van der Waals surface area contributed by atoms with Crippen LogP contribution in [0.1, 0.15) is 13.3 Å². The molecule has 2 rings (SSSR count). The normalized spacial score (nSPS) is 12.2. The van der Waals surface area contributed by atoms with Crippen LogP contribution in [0.3, 0.4) is 0 Å². The fourth-order valence-electron chi connectivity index (χ4n) is 2.36. The third-order valence-corrected chi connectivity index (χ3v) is 4.36. The van der Waals surface area contributed by atoms with E-state index in [0.29, 0.717) is 25.7 Å². The van der Waals surface area contributed by atoms with Crippen molar-refractivity contribution in [2.24, 2.45) is 10.1 Å². The van der Waals surface area contributed by atoms with Crippen molar-refractivity contribution in [2.75, 3.05) is 32.0 Å². The lowest BCUT2D eigenvalue weighted by molar-refractivity contribution is 0.314. The quantitative estimate of drug-likeness (QED) is 0.348. The fourth-order valence-corrected chi connectivity index (χ4v) is 2.74. The van der Waals surface area contributed by atoms with E-state index in [-0.39, 0.29) is 12.3 Å². The Morgan fingerprint density at radius 2 is 1.92 bits per heavy atom. The molecule has 0 radical (unpaired) electrons. The summed E-state index contributed by atoms with van der Waals surface area (Å²) in [6, 6.07) is 14.2. The highest BCUT2D eigenvalue weighted by Crippen LogP contribution is 2.20. The summed E-state index contributed by atoms with van der Waals surface area (Å²) < 4.78 is 27.7. The molecule has 0 saturated carbocycles. The van der Waals surface area contributed by atoms with Crippen molar-refractivity contribution in [3.05, 3.63) is 42.5 Å². The number of guanidine groups is 1. The van der Waals surface area contributed by atoms with Crippen LogP contribution in [0, 0.1) is 0 Å². The van der Waals surface area contributed by atoms with E-state index in [2.05, 4.69) is 27.8 Å². The number of benzene rings is 2. The smallest absolute Gasteiger partial charge is 0.210 e. The Kier molecular flexibility index (Phi) is 7.68. The van der Waals surface area contributed by atoms with Crippen LogP contribution in [-0.2, 0) is 10.0 Å². The molecule has 8 heteroatoms. The second-order valence-corrected chi connectivity index (χ2v) is 7.50. The number of rotatable bonds is 9. The molecule has 26 heavy (non-hydrogen) atoms. The minimum Gasteiger partial charge on any atom is -0.494 e. The number of aliphatic imine (C=N–C) groups is 1. The van der Waals surface area contributed by atoms with Gasteiger partial charge in [-0.3, -0.25) is 4.99 Å². The SMILES string of the molecule is CCNC(=NCCCOc1ccc2ccccc2c1)NCCS(N)(=O)=O. The van der Waals surface area contributed by atoms with Crippen molar-refractivity contribution in [1.82, 2.24) is 10.6 Å². The summed E-state index contributed by atoms with van der Waals surface area (Å²) in [5.74, 6) is 1.27. The molecule has 0 amide bonds. The highest BCUT2D eigenvalue weighted by Gasteiger charge is 2.03. The van der Waals surface area contributed by atoms with E-state index in [0.717, 1.165) is 17.6 Å². The molecule has 0 aromatic heterocycles. The van der Waals surface area contributed by atoms with E-state index in [1.54, 1.807) is 0 Å². The van der Waals surface area contributed by atoms with Gasteiger partial charge in [0.1, 0.15) is 5.75 Å². The van der Waals surface area contributed by atoms with Gasteiger partial charge in [-0.15, -0.1) is 0 Å². The van der Waals surface area contributed by atoms with Crippen molar-refractivity contribution >= 4 is 26.8 Å². The number of nitrogens with two attached hydrogens (primary N) is 1. The Labute approximate surface area is 154 Å². The first kappa shape index (κ1) is 20.0. The largest absolute Gasteiger partial charge is 0.494 e. The Morgan fingerprint density at radius 3 is 2.65 bits per heavy atom. The lowest BCUT2D eigenvalue weighted by atomic mass is 10.1. The molecule has 4 N–H and O–H groups in total. The molecule has 0 heterocycles. The van der Waals surface area contributed by atoms with Gasteiger partial charge in [0.15, 0.2) is 5.96 Å². The van der Waals surface area contributed by atoms with E-state index in [4.69, 9.17) is 9.88 Å². The zero-order valence-electron chi connectivity index (χ0n) is 14.9. The number of primary sulfonamides is 1. The lowest BCUT2D eigenvalue weighted by Gasteiger charge is -2.11. The first-order valence-electron chi connectivity index (χ1n) is 8.62. The van der Waals surface area contributed by atoms with Crippen LogP contribution in [0.25, 0.3) is 10.8 Å². The number of ether oxygens (including phenoxy) is 1. The monoisotopic (exact) mass is 378 g/mol. The van der Waals surface area contributed by atoms with Gasteiger partial charge < -0.3 is 15.4 Å². The van der Waals surface area contributed by atoms with Crippen molar-refractivity contribution in [3.63, 3.8) is 0 Å². The van der Waals surface area contributed by atoms with E-state index in [9.17, 15) is 8.42 Å². The van der Waals surface area contributed by atoms with Crippen LogP contribution >= 0.6 is 0 Å². The van der Waals surface area contributed by atoms with Gasteiger partial charge in [-0.1, -0.05) is 30.3 Å². The van der Waals surface area contributed by atoms with Crippen molar-refractivity contribution in [1.29, 1.82) is 0 Å². The van der Waals surface area contributed by atoms with Crippen LogP contribution < -0.4 is 20.5 Å². The van der Waals surface area contributed by atoms with Crippen molar-refractivity contribution in [3.8, 4) is 5.75 Å². The molecule has 0 unspecified atom stereocenters. The second-order valence-electron chi connectivity index (χ2n) is 5.77. The maximum absolute atomic E-state index is 10.9. The first-order chi connectivity index (χ1) is 12.5. The Morgan fingerprint density at radius 1 is 1.15 bits per heavy atom. The minimum absolute atomic E-state index is 0.136. The zero-order valence-corrected chi connectivity index (χ0v) is 15.8. The highest BCUT2D eigenvalue weighted by molar-refractivity contribution is 7.89. The second kappa shape index (κ2) is 9.98. The van der Waals surface area contributed by atoms with E-state index in [1.807, 2.05) is 37.3 Å². The molecule has 0 aliphatic rings. The van der Waals surface area contributed by atoms with Gasteiger partial charge in [-0.05, 0) is 29.8 Å². The van der Waals surface area contributed by atoms with Crippen LogP contribution in [-0.4, -0.2) is 46.4 Å². The van der Waals surface area contributed by atoms with Crippen LogP contribution in [0.15, 0.2) is 47.5 Å². The molecule has 0 spiro atoms. The summed E-state index contributed by atoms with van der Waals surface area (Å²) in [5, 5.41) is 13.3. The highest BCUT2D eigenvalue weighted by atomic mass is 32.2. The number of nitrogens with one attached hydrogen (secondary N) is 2. The molecule has 7 nitrogen and oxygen atoms in total. The Bertz CT molecular complexity index is 837. The van der Waals surface area contributed by atoms with E-state index in [1.165, 1.54) is 5.39 Å². The summed E-state index contributed by atoms with van der Waals surface area (Å²) in [6.45, 7) is 3.98. The topological polar surface area (TPSA) is 106 Å². The van der Waals surface area contributed by atoms with Gasteiger partial charge in [0, 0.05) is 26.1 Å². The molecule has 0 saturated heterocycles. The molecule has 0 atom stereocenters. The molecule has 142 valence electrons. The lowest BCUT2D eigenvalue weighted by Crippen LogP contribution is -2.40. The third-order valence-electron chi connectivity index (χ3n) is 3.59. The van der Waals surface area contributed by atoms with E-state index >= 15 is 0 Å². The summed E-state index contributed by atoms with van der Waals surface area (Å²) >= 11 is 0. The van der Waals surface area contributed by atoms with Gasteiger partial charge in [0.25, 0.3) is 0 Å². The molecular weight excluding hydrogens is 352 g/mol. The van der Waals surface area contributed by atoms with Crippen LogP contribution in [0.5, 0.6) is 5.75 Å². The maximum Gasteiger partial charge on any atom is 0.210 e. The molecule has 0 aliphatic heterocycles. The number of hydrogen-bond acceptors (Lipinski definition) is 4. The first-order valence-corrected chi connectivity index (χ1v) is 10.3. The summed E-state index contributed by atoms with van der Waals surface area (Å²) in [7, 11) is -3.48. The molecule has 2 aromatic rings. The molecule has 0 bridgehead atoms. The zero-order chi connectivity index (χ0) is 18.8. The number of fused-ring (bicyclic) bond motifs is 1. The van der Waals surface area contributed by atoms with E-state index < -0.39 is 10.0 Å². The minimum atomic E-state index is -3.48.